The van der Waals surface area contributed by atoms with Crippen LogP contribution in [0.3, 0.4) is 0 Å². The van der Waals surface area contributed by atoms with Crippen LogP contribution in [0.15, 0.2) is 64.0 Å². The number of benzene rings is 1. The SMILES string of the molecule is O=C(NC[C@H]1Cc2ccccc2O1)c1ccc(-c2ccco2)[nH]c1=O. The highest BCUT2D eigenvalue weighted by Crippen LogP contribution is 2.27. The Balaban J connectivity index is 1.41. The van der Waals surface area contributed by atoms with Gasteiger partial charge in [-0.15, -0.1) is 0 Å². The number of furan rings is 1. The van der Waals surface area contributed by atoms with Gasteiger partial charge in [0.2, 0.25) is 0 Å². The predicted octanol–water partition coefficient (Wildman–Crippen LogP) is 2.37. The summed E-state index contributed by atoms with van der Waals surface area (Å²) in [5, 5.41) is 2.76. The van der Waals surface area contributed by atoms with E-state index in [0.29, 0.717) is 18.0 Å². The summed E-state index contributed by atoms with van der Waals surface area (Å²) in [4.78, 5) is 27.1. The lowest BCUT2D eigenvalue weighted by Crippen LogP contribution is -2.36. The number of carbonyl (C=O) groups is 1. The number of rotatable bonds is 4. The van der Waals surface area contributed by atoms with Gasteiger partial charge in [-0.3, -0.25) is 9.59 Å². The second-order valence-electron chi connectivity index (χ2n) is 5.85. The molecule has 0 saturated carbocycles. The fourth-order valence-corrected chi connectivity index (χ4v) is 2.90. The van der Waals surface area contributed by atoms with Crippen molar-refractivity contribution in [1.82, 2.24) is 10.3 Å². The molecule has 4 rings (SSSR count). The van der Waals surface area contributed by atoms with E-state index in [9.17, 15) is 9.59 Å². The average Bonchev–Trinajstić information content (AvgIpc) is 3.28. The zero-order valence-electron chi connectivity index (χ0n) is 13.3. The minimum atomic E-state index is -0.456. The van der Waals surface area contributed by atoms with E-state index in [-0.39, 0.29) is 11.7 Å². The van der Waals surface area contributed by atoms with Gasteiger partial charge in [-0.25, -0.2) is 0 Å². The van der Waals surface area contributed by atoms with Gasteiger partial charge in [-0.2, -0.15) is 0 Å². The van der Waals surface area contributed by atoms with Crippen LogP contribution < -0.4 is 15.6 Å². The van der Waals surface area contributed by atoms with Crippen molar-refractivity contribution in [3.8, 4) is 17.2 Å². The van der Waals surface area contributed by atoms with Gasteiger partial charge in [-0.05, 0) is 35.9 Å². The van der Waals surface area contributed by atoms with Crippen LogP contribution in [-0.2, 0) is 6.42 Å². The summed E-state index contributed by atoms with van der Waals surface area (Å²) in [5.41, 5.74) is 1.26. The fourth-order valence-electron chi connectivity index (χ4n) is 2.90. The Morgan fingerprint density at radius 2 is 2.04 bits per heavy atom. The Morgan fingerprint density at radius 3 is 2.80 bits per heavy atom. The monoisotopic (exact) mass is 336 g/mol. The van der Waals surface area contributed by atoms with Gasteiger partial charge in [0, 0.05) is 6.42 Å². The van der Waals surface area contributed by atoms with E-state index in [1.165, 1.54) is 12.3 Å². The van der Waals surface area contributed by atoms with Gasteiger partial charge in [0.1, 0.15) is 23.2 Å². The van der Waals surface area contributed by atoms with Crippen LogP contribution in [0, 0.1) is 0 Å². The van der Waals surface area contributed by atoms with Crippen molar-refractivity contribution in [2.75, 3.05) is 6.54 Å². The van der Waals surface area contributed by atoms with Crippen LogP contribution >= 0.6 is 0 Å². The van der Waals surface area contributed by atoms with E-state index in [1.807, 2.05) is 24.3 Å². The molecule has 1 amide bonds. The first-order chi connectivity index (χ1) is 12.2. The van der Waals surface area contributed by atoms with Gasteiger partial charge in [0.25, 0.3) is 11.5 Å². The lowest BCUT2D eigenvalue weighted by molar-refractivity contribution is 0.0932. The summed E-state index contributed by atoms with van der Waals surface area (Å²) >= 11 is 0. The van der Waals surface area contributed by atoms with E-state index in [0.717, 1.165) is 17.7 Å². The number of H-pyrrole nitrogens is 1. The molecule has 2 N–H and O–H groups in total. The molecule has 0 unspecified atom stereocenters. The van der Waals surface area contributed by atoms with Crippen molar-refractivity contribution >= 4 is 5.91 Å². The van der Waals surface area contributed by atoms with Crippen molar-refractivity contribution in [3.63, 3.8) is 0 Å². The second-order valence-corrected chi connectivity index (χ2v) is 5.85. The van der Waals surface area contributed by atoms with Crippen molar-refractivity contribution in [3.05, 3.63) is 76.3 Å². The summed E-state index contributed by atoms with van der Waals surface area (Å²) < 4.78 is 11.0. The summed E-state index contributed by atoms with van der Waals surface area (Å²) in [7, 11) is 0. The van der Waals surface area contributed by atoms with Gasteiger partial charge in [0.05, 0.1) is 18.5 Å². The molecule has 1 aromatic carbocycles. The number of carbonyl (C=O) groups excluding carboxylic acids is 1. The maximum absolute atomic E-state index is 12.3. The lowest BCUT2D eigenvalue weighted by atomic mass is 10.1. The molecule has 0 saturated heterocycles. The second kappa shape index (κ2) is 6.32. The molecule has 3 heterocycles. The average molecular weight is 336 g/mol. The highest BCUT2D eigenvalue weighted by atomic mass is 16.5. The van der Waals surface area contributed by atoms with Crippen molar-refractivity contribution in [2.24, 2.45) is 0 Å². The molecular weight excluding hydrogens is 320 g/mol. The molecule has 1 atom stereocenters. The number of para-hydroxylation sites is 1. The Labute approximate surface area is 143 Å². The summed E-state index contributed by atoms with van der Waals surface area (Å²) in [6.45, 7) is 0.340. The predicted molar refractivity (Wildman–Crippen MR) is 91.7 cm³/mol. The number of hydrogen-bond acceptors (Lipinski definition) is 4. The third-order valence-electron chi connectivity index (χ3n) is 4.14. The van der Waals surface area contributed by atoms with Crippen LogP contribution in [0.4, 0.5) is 0 Å². The van der Waals surface area contributed by atoms with E-state index in [4.69, 9.17) is 9.15 Å². The number of amides is 1. The van der Waals surface area contributed by atoms with Crippen molar-refractivity contribution in [2.45, 2.75) is 12.5 Å². The molecule has 0 aliphatic carbocycles. The van der Waals surface area contributed by atoms with Gasteiger partial charge in [0.15, 0.2) is 0 Å². The van der Waals surface area contributed by atoms with Crippen LogP contribution in [-0.4, -0.2) is 23.5 Å². The summed E-state index contributed by atoms with van der Waals surface area (Å²) in [6, 6.07) is 14.4. The molecule has 1 aliphatic rings. The van der Waals surface area contributed by atoms with E-state index >= 15 is 0 Å². The normalized spacial score (nSPS) is 15.4. The Hall–Kier alpha value is -3.28. The lowest BCUT2D eigenvalue weighted by Gasteiger charge is -2.11. The molecular formula is C19H16N2O4. The number of aromatic nitrogens is 1. The molecule has 0 spiro atoms. The topological polar surface area (TPSA) is 84.3 Å². The van der Waals surface area contributed by atoms with Gasteiger partial charge >= 0.3 is 0 Å². The van der Waals surface area contributed by atoms with Gasteiger partial charge in [-0.1, -0.05) is 18.2 Å². The number of aromatic amines is 1. The zero-order chi connectivity index (χ0) is 17.2. The molecule has 0 bridgehead atoms. The van der Waals surface area contributed by atoms with Crippen LogP contribution in [0.2, 0.25) is 0 Å². The first kappa shape index (κ1) is 15.3. The highest BCUT2D eigenvalue weighted by Gasteiger charge is 2.23. The molecule has 0 fully saturated rings. The number of pyridine rings is 1. The molecule has 126 valence electrons. The largest absolute Gasteiger partial charge is 0.488 e. The smallest absolute Gasteiger partial charge is 0.261 e. The first-order valence-electron chi connectivity index (χ1n) is 8.00. The minimum absolute atomic E-state index is 0.0609. The first-order valence-corrected chi connectivity index (χ1v) is 8.00. The van der Waals surface area contributed by atoms with Crippen LogP contribution in [0.1, 0.15) is 15.9 Å². The summed E-state index contributed by atoms with van der Waals surface area (Å²) in [6.07, 6.45) is 2.14. The zero-order valence-corrected chi connectivity index (χ0v) is 13.3. The van der Waals surface area contributed by atoms with Crippen molar-refractivity contribution < 1.29 is 13.9 Å². The molecule has 6 heteroatoms. The number of ether oxygens (including phenoxy) is 1. The van der Waals surface area contributed by atoms with Crippen LogP contribution in [0.5, 0.6) is 5.75 Å². The highest BCUT2D eigenvalue weighted by molar-refractivity contribution is 5.94. The molecule has 1 aliphatic heterocycles. The molecule has 6 nitrogen and oxygen atoms in total. The number of fused-ring (bicyclic) bond motifs is 1. The van der Waals surface area contributed by atoms with Crippen molar-refractivity contribution in [1.29, 1.82) is 0 Å². The number of nitrogens with one attached hydrogen (secondary N) is 2. The molecule has 2 aromatic heterocycles. The maximum Gasteiger partial charge on any atom is 0.261 e. The Kier molecular flexibility index (Phi) is 3.85. The molecule has 3 aromatic rings. The van der Waals surface area contributed by atoms with Crippen LogP contribution in [0.25, 0.3) is 11.5 Å². The third kappa shape index (κ3) is 3.06. The van der Waals surface area contributed by atoms with E-state index in [1.54, 1.807) is 18.2 Å². The standard InChI is InChI=1S/C19H16N2O4/c22-18(20-11-13-10-12-4-1-2-5-16(12)25-13)14-7-8-15(21-19(14)23)17-6-3-9-24-17/h1-9,13H,10-11H2,(H,20,22)(H,21,23)/t13-/m1/s1. The summed E-state index contributed by atoms with van der Waals surface area (Å²) in [5.74, 6) is 0.968. The maximum atomic E-state index is 12.3. The van der Waals surface area contributed by atoms with E-state index in [2.05, 4.69) is 10.3 Å². The third-order valence-corrected chi connectivity index (χ3v) is 4.14. The Bertz CT molecular complexity index is 935. The minimum Gasteiger partial charge on any atom is -0.488 e. The molecule has 0 radical (unpaired) electrons. The molecule has 25 heavy (non-hydrogen) atoms. The van der Waals surface area contributed by atoms with E-state index < -0.39 is 11.5 Å². The number of hydrogen-bond donors (Lipinski definition) is 2. The van der Waals surface area contributed by atoms with Gasteiger partial charge < -0.3 is 19.5 Å². The quantitative estimate of drug-likeness (QED) is 0.766. The fraction of sp³-hybridized carbons (Fsp3) is 0.158. The Morgan fingerprint density at radius 1 is 1.16 bits per heavy atom.